The van der Waals surface area contributed by atoms with Gasteiger partial charge in [-0.2, -0.15) is 0 Å². The molecular formula is C10H13BrO2. The van der Waals surface area contributed by atoms with E-state index in [0.29, 0.717) is 0 Å². The summed E-state index contributed by atoms with van der Waals surface area (Å²) in [5.74, 6) is -0.286. The number of hydrogen-bond donors (Lipinski definition) is 0. The predicted molar refractivity (Wildman–Crippen MR) is 52.7 cm³/mol. The molecule has 2 aliphatic rings. The molecular weight excluding hydrogens is 232 g/mol. The third kappa shape index (κ3) is 0.797. The Hall–Kier alpha value is -0.180. The Balaban J connectivity index is 2.55. The fourth-order valence-corrected chi connectivity index (χ4v) is 3.90. The fraction of sp³-hybridized carbons (Fsp3) is 0.800. The van der Waals surface area contributed by atoms with Crippen LogP contribution >= 0.6 is 15.9 Å². The predicted octanol–water partition coefficient (Wildman–Crippen LogP) is 1.96. The van der Waals surface area contributed by atoms with E-state index in [2.05, 4.69) is 22.9 Å². The van der Waals surface area contributed by atoms with Crippen LogP contribution in [-0.4, -0.2) is 16.9 Å². The van der Waals surface area contributed by atoms with Crippen molar-refractivity contribution in [3.63, 3.8) is 0 Å². The molecule has 0 heterocycles. The summed E-state index contributed by atoms with van der Waals surface area (Å²) >= 11 is 3.44. The average molecular weight is 245 g/mol. The summed E-state index contributed by atoms with van der Waals surface area (Å²) in [6.07, 6.45) is 1.77. The summed E-state index contributed by atoms with van der Waals surface area (Å²) < 4.78 is 0. The van der Waals surface area contributed by atoms with Crippen LogP contribution in [0.1, 0.15) is 26.7 Å². The molecule has 2 rings (SSSR count). The van der Waals surface area contributed by atoms with Crippen molar-refractivity contribution in [2.75, 3.05) is 5.33 Å². The number of carbonyl (C=O) groups is 2. The van der Waals surface area contributed by atoms with Gasteiger partial charge in [-0.15, -0.1) is 0 Å². The first kappa shape index (κ1) is 9.38. The van der Waals surface area contributed by atoms with Crippen molar-refractivity contribution < 1.29 is 9.59 Å². The van der Waals surface area contributed by atoms with Crippen LogP contribution in [0.4, 0.5) is 0 Å². The van der Waals surface area contributed by atoms with E-state index >= 15 is 0 Å². The second kappa shape index (κ2) is 2.44. The van der Waals surface area contributed by atoms with Gasteiger partial charge in [0.15, 0.2) is 0 Å². The average Bonchev–Trinajstić information content (AvgIpc) is 2.44. The maximum atomic E-state index is 11.7. The number of Topliss-reactive ketones (excluding diaryl/α,β-unsaturated/α-hetero) is 2. The van der Waals surface area contributed by atoms with Crippen LogP contribution in [0.3, 0.4) is 0 Å². The smallest absolute Gasteiger partial charge is 0.205 e. The van der Waals surface area contributed by atoms with Gasteiger partial charge in [-0.1, -0.05) is 29.8 Å². The molecule has 3 heteroatoms. The van der Waals surface area contributed by atoms with Gasteiger partial charge in [-0.25, -0.2) is 0 Å². The molecule has 3 atom stereocenters. The minimum atomic E-state index is -0.391. The van der Waals surface area contributed by atoms with E-state index in [1.807, 2.05) is 6.92 Å². The molecule has 2 bridgehead atoms. The van der Waals surface area contributed by atoms with Crippen molar-refractivity contribution in [1.82, 2.24) is 0 Å². The molecule has 2 saturated carbocycles. The van der Waals surface area contributed by atoms with Crippen molar-refractivity contribution in [1.29, 1.82) is 0 Å². The molecule has 0 N–H and O–H groups in total. The summed E-state index contributed by atoms with van der Waals surface area (Å²) in [6.45, 7) is 4.00. The third-order valence-electron chi connectivity index (χ3n) is 4.28. The molecule has 0 aromatic heterocycles. The zero-order chi connectivity index (χ0) is 9.85. The van der Waals surface area contributed by atoms with E-state index in [1.165, 1.54) is 0 Å². The van der Waals surface area contributed by atoms with Crippen LogP contribution in [-0.2, 0) is 9.59 Å². The number of ketones is 2. The highest BCUT2D eigenvalue weighted by Crippen LogP contribution is 2.62. The third-order valence-corrected chi connectivity index (χ3v) is 5.45. The number of fused-ring (bicyclic) bond motifs is 2. The summed E-state index contributed by atoms with van der Waals surface area (Å²) in [5.41, 5.74) is -0.528. The van der Waals surface area contributed by atoms with Crippen molar-refractivity contribution in [2.45, 2.75) is 26.7 Å². The molecule has 0 unspecified atom stereocenters. The highest BCUT2D eigenvalue weighted by molar-refractivity contribution is 9.09. The number of alkyl halides is 1. The fourth-order valence-electron chi connectivity index (χ4n) is 2.89. The van der Waals surface area contributed by atoms with Crippen LogP contribution in [0.15, 0.2) is 0 Å². The van der Waals surface area contributed by atoms with E-state index in [9.17, 15) is 9.59 Å². The first-order valence-electron chi connectivity index (χ1n) is 4.62. The van der Waals surface area contributed by atoms with Crippen LogP contribution in [0.5, 0.6) is 0 Å². The van der Waals surface area contributed by atoms with Crippen LogP contribution in [0.25, 0.3) is 0 Å². The summed E-state index contributed by atoms with van der Waals surface area (Å²) in [4.78, 5) is 23.3. The molecule has 0 radical (unpaired) electrons. The van der Waals surface area contributed by atoms with Crippen molar-refractivity contribution in [3.8, 4) is 0 Å². The number of rotatable bonds is 1. The number of halogens is 1. The lowest BCUT2D eigenvalue weighted by atomic mass is 9.70. The van der Waals surface area contributed by atoms with Gasteiger partial charge in [-0.3, -0.25) is 9.59 Å². The van der Waals surface area contributed by atoms with Gasteiger partial charge >= 0.3 is 0 Å². The second-order valence-corrected chi connectivity index (χ2v) is 5.23. The molecule has 2 nitrogen and oxygen atoms in total. The van der Waals surface area contributed by atoms with Crippen LogP contribution in [0, 0.1) is 16.7 Å². The van der Waals surface area contributed by atoms with Crippen molar-refractivity contribution in [3.05, 3.63) is 0 Å². The molecule has 72 valence electrons. The van der Waals surface area contributed by atoms with E-state index in [4.69, 9.17) is 0 Å². The Morgan fingerprint density at radius 2 is 2.08 bits per heavy atom. The topological polar surface area (TPSA) is 34.1 Å². The molecule has 0 saturated heterocycles. The lowest BCUT2D eigenvalue weighted by Gasteiger charge is -2.33. The zero-order valence-electron chi connectivity index (χ0n) is 7.89. The first-order valence-corrected chi connectivity index (χ1v) is 5.74. The molecule has 2 aliphatic carbocycles. The minimum Gasteiger partial charge on any atom is -0.291 e. The van der Waals surface area contributed by atoms with Crippen LogP contribution < -0.4 is 0 Å². The van der Waals surface area contributed by atoms with Gasteiger partial charge in [-0.05, 0) is 12.8 Å². The van der Waals surface area contributed by atoms with Gasteiger partial charge in [0.1, 0.15) is 0 Å². The quantitative estimate of drug-likeness (QED) is 0.522. The van der Waals surface area contributed by atoms with E-state index in [0.717, 1.165) is 18.2 Å². The van der Waals surface area contributed by atoms with Gasteiger partial charge in [0.2, 0.25) is 11.6 Å². The van der Waals surface area contributed by atoms with Gasteiger partial charge < -0.3 is 0 Å². The number of carbonyl (C=O) groups excluding carboxylic acids is 2. The Bertz CT molecular complexity index is 299. The number of hydrogen-bond acceptors (Lipinski definition) is 2. The molecule has 0 spiro atoms. The lowest BCUT2D eigenvalue weighted by molar-refractivity contribution is -0.141. The van der Waals surface area contributed by atoms with Gasteiger partial charge in [0.25, 0.3) is 0 Å². The Morgan fingerprint density at radius 3 is 2.38 bits per heavy atom. The van der Waals surface area contributed by atoms with Crippen molar-refractivity contribution in [2.24, 2.45) is 16.7 Å². The molecule has 0 aliphatic heterocycles. The lowest BCUT2D eigenvalue weighted by Crippen LogP contribution is -2.36. The second-order valence-electron chi connectivity index (χ2n) is 4.67. The first-order chi connectivity index (χ1) is 5.97. The Morgan fingerprint density at radius 1 is 1.46 bits per heavy atom. The molecule has 0 aromatic rings. The monoisotopic (exact) mass is 244 g/mol. The van der Waals surface area contributed by atoms with Gasteiger partial charge in [0.05, 0.1) is 0 Å². The SMILES string of the molecule is C[C@]12CC[C@H](C(=O)C1=O)[C@@]2(C)CBr. The minimum absolute atomic E-state index is 0.0237. The molecule has 0 amide bonds. The summed E-state index contributed by atoms with van der Waals surface area (Å²) in [5, 5.41) is 0.749. The Kier molecular flexibility index (Phi) is 1.76. The van der Waals surface area contributed by atoms with Gasteiger partial charge in [0, 0.05) is 22.1 Å². The molecule has 13 heavy (non-hydrogen) atoms. The highest BCUT2D eigenvalue weighted by Gasteiger charge is 2.67. The standard InChI is InChI=1S/C10H13BrO2/c1-9-4-3-6(7(12)8(9)13)10(9,2)5-11/h6H,3-5H2,1-2H3/t6-,9+,10-/m1/s1. The molecule has 0 aromatic carbocycles. The highest BCUT2D eigenvalue weighted by atomic mass is 79.9. The van der Waals surface area contributed by atoms with E-state index in [-0.39, 0.29) is 22.9 Å². The normalized spacial score (nSPS) is 49.0. The summed E-state index contributed by atoms with van der Waals surface area (Å²) in [7, 11) is 0. The molecule has 2 fully saturated rings. The Labute approximate surface area is 86.2 Å². The maximum Gasteiger partial charge on any atom is 0.205 e. The maximum absolute atomic E-state index is 11.7. The van der Waals surface area contributed by atoms with Crippen LogP contribution in [0.2, 0.25) is 0 Å². The summed E-state index contributed by atoms with van der Waals surface area (Å²) in [6, 6.07) is 0. The zero-order valence-corrected chi connectivity index (χ0v) is 9.48. The van der Waals surface area contributed by atoms with E-state index < -0.39 is 5.41 Å². The van der Waals surface area contributed by atoms with Crippen molar-refractivity contribution >= 4 is 27.5 Å². The largest absolute Gasteiger partial charge is 0.291 e. The van der Waals surface area contributed by atoms with E-state index in [1.54, 1.807) is 0 Å².